The Morgan fingerprint density at radius 3 is 2.33 bits per heavy atom. The Hall–Kier alpha value is -1.56. The van der Waals surface area contributed by atoms with Crippen molar-refractivity contribution in [1.29, 1.82) is 0 Å². The fourth-order valence-corrected chi connectivity index (χ4v) is 2.05. The number of carbonyl (C=O) groups excluding carboxylic acids is 2. The molecule has 0 atom stereocenters. The van der Waals surface area contributed by atoms with E-state index in [9.17, 15) is 9.59 Å². The van der Waals surface area contributed by atoms with Gasteiger partial charge in [-0.15, -0.1) is 11.3 Å². The van der Waals surface area contributed by atoms with Crippen LogP contribution < -0.4 is 5.32 Å². The molecule has 0 fully saturated rings. The molecule has 0 aromatic carbocycles. The summed E-state index contributed by atoms with van der Waals surface area (Å²) in [4.78, 5) is 23.0. The molecule has 1 aromatic rings. The summed E-state index contributed by atoms with van der Waals surface area (Å²) in [6, 6.07) is 0. The number of thiophene rings is 1. The molecule has 1 rings (SSSR count). The predicted molar refractivity (Wildman–Crippen MR) is 56.5 cm³/mol. The summed E-state index contributed by atoms with van der Waals surface area (Å²) < 4.78 is 9.16. The molecule has 1 aromatic heterocycles. The van der Waals surface area contributed by atoms with Crippen molar-refractivity contribution in [1.82, 2.24) is 0 Å². The Bertz CT molecular complexity index is 385. The molecule has 5 nitrogen and oxygen atoms in total. The summed E-state index contributed by atoms with van der Waals surface area (Å²) in [5, 5.41) is 4.48. The lowest BCUT2D eigenvalue weighted by Gasteiger charge is -2.03. The molecule has 82 valence electrons. The third-order valence-corrected chi connectivity index (χ3v) is 2.78. The van der Waals surface area contributed by atoms with Crippen molar-refractivity contribution in [2.45, 2.75) is 0 Å². The molecule has 0 aliphatic rings. The second kappa shape index (κ2) is 4.79. The van der Waals surface area contributed by atoms with Crippen molar-refractivity contribution in [2.24, 2.45) is 0 Å². The van der Waals surface area contributed by atoms with Crippen molar-refractivity contribution >= 4 is 29.0 Å². The maximum absolute atomic E-state index is 11.4. The smallest absolute Gasteiger partial charge is 0.349 e. The van der Waals surface area contributed by atoms with Crippen LogP contribution in [0.4, 0.5) is 5.69 Å². The molecule has 0 bridgehead atoms. The van der Waals surface area contributed by atoms with Crippen molar-refractivity contribution in [3.8, 4) is 0 Å². The van der Waals surface area contributed by atoms with Crippen LogP contribution in [0.1, 0.15) is 20.0 Å². The van der Waals surface area contributed by atoms with Crippen molar-refractivity contribution in [3.63, 3.8) is 0 Å². The summed E-state index contributed by atoms with van der Waals surface area (Å²) in [6.07, 6.45) is 0. The van der Waals surface area contributed by atoms with E-state index >= 15 is 0 Å². The Balaban J connectivity index is 3.23. The second-order valence-corrected chi connectivity index (χ2v) is 3.47. The van der Waals surface area contributed by atoms with E-state index in [2.05, 4.69) is 14.8 Å². The van der Waals surface area contributed by atoms with Gasteiger partial charge in [-0.25, -0.2) is 9.59 Å². The molecular formula is C9H11NO4S. The van der Waals surface area contributed by atoms with E-state index in [1.807, 2.05) is 0 Å². The lowest BCUT2D eigenvalue weighted by atomic mass is 10.2. The summed E-state index contributed by atoms with van der Waals surface area (Å²) >= 11 is 1.14. The lowest BCUT2D eigenvalue weighted by Crippen LogP contribution is -2.10. The molecule has 1 N–H and O–H groups in total. The first-order valence-electron chi connectivity index (χ1n) is 4.11. The van der Waals surface area contributed by atoms with Crippen LogP contribution in [0.3, 0.4) is 0 Å². The van der Waals surface area contributed by atoms with Crippen LogP contribution in [0, 0.1) is 0 Å². The monoisotopic (exact) mass is 229 g/mol. The van der Waals surface area contributed by atoms with E-state index < -0.39 is 11.9 Å². The van der Waals surface area contributed by atoms with Gasteiger partial charge in [-0.1, -0.05) is 0 Å². The highest BCUT2D eigenvalue weighted by Crippen LogP contribution is 2.28. The maximum Gasteiger partial charge on any atom is 0.349 e. The summed E-state index contributed by atoms with van der Waals surface area (Å²) in [7, 11) is 4.19. The number of ether oxygens (including phenoxy) is 2. The minimum absolute atomic E-state index is 0.219. The third-order valence-electron chi connectivity index (χ3n) is 1.82. The van der Waals surface area contributed by atoms with E-state index in [4.69, 9.17) is 0 Å². The maximum atomic E-state index is 11.4. The standard InChI is InChI=1S/C9H11NO4S/c1-10-5-4-15-7(9(12)14-3)6(5)8(11)13-2/h4,10H,1-3H3. The Labute approximate surface area is 91.0 Å². The third kappa shape index (κ3) is 2.10. The normalized spacial score (nSPS) is 9.53. The number of nitrogens with one attached hydrogen (secondary N) is 1. The summed E-state index contributed by atoms with van der Waals surface area (Å²) in [5.41, 5.74) is 0.782. The van der Waals surface area contributed by atoms with Gasteiger partial charge in [0.2, 0.25) is 0 Å². The lowest BCUT2D eigenvalue weighted by molar-refractivity contribution is 0.0561. The van der Waals surface area contributed by atoms with Crippen LogP contribution >= 0.6 is 11.3 Å². The second-order valence-electron chi connectivity index (χ2n) is 2.59. The highest BCUT2D eigenvalue weighted by molar-refractivity contribution is 7.13. The highest BCUT2D eigenvalue weighted by Gasteiger charge is 2.24. The average molecular weight is 229 g/mol. The van der Waals surface area contributed by atoms with E-state index in [1.54, 1.807) is 12.4 Å². The first-order valence-corrected chi connectivity index (χ1v) is 4.99. The van der Waals surface area contributed by atoms with Gasteiger partial charge in [0.25, 0.3) is 0 Å². The van der Waals surface area contributed by atoms with E-state index in [-0.39, 0.29) is 10.4 Å². The number of esters is 2. The number of hydrogen-bond donors (Lipinski definition) is 1. The van der Waals surface area contributed by atoms with Crippen molar-refractivity contribution in [3.05, 3.63) is 15.8 Å². The molecule has 0 radical (unpaired) electrons. The van der Waals surface area contributed by atoms with Crippen LogP contribution in [-0.2, 0) is 9.47 Å². The number of hydrogen-bond acceptors (Lipinski definition) is 6. The molecular weight excluding hydrogens is 218 g/mol. The molecule has 0 saturated heterocycles. The fourth-order valence-electron chi connectivity index (χ4n) is 1.09. The largest absolute Gasteiger partial charge is 0.465 e. The zero-order valence-corrected chi connectivity index (χ0v) is 9.44. The molecule has 0 amide bonds. The number of rotatable bonds is 3. The molecule has 0 aliphatic heterocycles. The molecule has 0 aliphatic carbocycles. The molecule has 6 heteroatoms. The zero-order chi connectivity index (χ0) is 11.4. The van der Waals surface area contributed by atoms with Gasteiger partial charge < -0.3 is 14.8 Å². The SMILES string of the molecule is CNc1csc(C(=O)OC)c1C(=O)OC. The van der Waals surface area contributed by atoms with Gasteiger partial charge in [-0.2, -0.15) is 0 Å². The van der Waals surface area contributed by atoms with Crippen LogP contribution in [0.15, 0.2) is 5.38 Å². The predicted octanol–water partition coefficient (Wildman–Crippen LogP) is 1.36. The minimum Gasteiger partial charge on any atom is -0.465 e. The van der Waals surface area contributed by atoms with Gasteiger partial charge in [-0.05, 0) is 0 Å². The topological polar surface area (TPSA) is 64.6 Å². The van der Waals surface area contributed by atoms with Crippen LogP contribution in [0.2, 0.25) is 0 Å². The average Bonchev–Trinajstić information content (AvgIpc) is 2.70. The number of carbonyl (C=O) groups is 2. The summed E-state index contributed by atoms with van der Waals surface area (Å²) in [5.74, 6) is -1.09. The number of anilines is 1. The quantitative estimate of drug-likeness (QED) is 0.793. The Morgan fingerprint density at radius 1 is 1.27 bits per heavy atom. The zero-order valence-electron chi connectivity index (χ0n) is 8.62. The first kappa shape index (κ1) is 11.5. The van der Waals surface area contributed by atoms with Gasteiger partial charge >= 0.3 is 11.9 Å². The minimum atomic E-state index is -0.555. The molecule has 0 unspecified atom stereocenters. The van der Waals surface area contributed by atoms with Gasteiger partial charge in [-0.3, -0.25) is 0 Å². The molecule has 15 heavy (non-hydrogen) atoms. The van der Waals surface area contributed by atoms with Crippen LogP contribution in [0.25, 0.3) is 0 Å². The Morgan fingerprint density at radius 2 is 1.87 bits per heavy atom. The first-order chi connectivity index (χ1) is 7.15. The van der Waals surface area contributed by atoms with Crippen LogP contribution in [-0.4, -0.2) is 33.2 Å². The van der Waals surface area contributed by atoms with Gasteiger partial charge in [0.15, 0.2) is 0 Å². The molecule has 0 saturated carbocycles. The van der Waals surface area contributed by atoms with Crippen LogP contribution in [0.5, 0.6) is 0 Å². The van der Waals surface area contributed by atoms with Crippen molar-refractivity contribution < 1.29 is 19.1 Å². The molecule has 1 heterocycles. The number of methoxy groups -OCH3 is 2. The highest BCUT2D eigenvalue weighted by atomic mass is 32.1. The van der Waals surface area contributed by atoms with Gasteiger partial charge in [0.05, 0.1) is 19.9 Å². The van der Waals surface area contributed by atoms with Gasteiger partial charge in [0, 0.05) is 12.4 Å². The van der Waals surface area contributed by atoms with E-state index in [0.29, 0.717) is 5.69 Å². The Kier molecular flexibility index (Phi) is 3.68. The van der Waals surface area contributed by atoms with E-state index in [1.165, 1.54) is 14.2 Å². The van der Waals surface area contributed by atoms with E-state index in [0.717, 1.165) is 11.3 Å². The van der Waals surface area contributed by atoms with Gasteiger partial charge in [0.1, 0.15) is 10.4 Å². The van der Waals surface area contributed by atoms with Crippen molar-refractivity contribution in [2.75, 3.05) is 26.6 Å². The molecule has 0 spiro atoms. The fraction of sp³-hybridized carbons (Fsp3) is 0.333. The summed E-state index contributed by atoms with van der Waals surface area (Å²) in [6.45, 7) is 0.